The van der Waals surface area contributed by atoms with Crippen molar-refractivity contribution in [3.05, 3.63) is 0 Å². The fourth-order valence-corrected chi connectivity index (χ4v) is 3.18. The first-order valence-electron chi connectivity index (χ1n) is 4.25. The van der Waals surface area contributed by atoms with Crippen LogP contribution in [0.5, 0.6) is 0 Å². The molecule has 0 unspecified atom stereocenters. The number of rotatable bonds is 0. The number of carbonyl (C=O) groups excluding carboxylic acids is 1. The van der Waals surface area contributed by atoms with Gasteiger partial charge in [0.1, 0.15) is 0 Å². The van der Waals surface area contributed by atoms with E-state index in [0.29, 0.717) is 0 Å². The quantitative estimate of drug-likeness (QED) is 0.278. The molecular weight excluding hydrogens is 340 g/mol. The molecule has 4 nitrogen and oxygen atoms in total. The molecule has 0 amide bonds. The number of nitrogens with one attached hydrogen (secondary N) is 1. The molecule has 81 valence electrons. The molecule has 0 aromatic carbocycles. The molecule has 2 aliphatic heterocycles. The number of cyclic esters (lactones) is 1. The van der Waals surface area contributed by atoms with Gasteiger partial charge in [-0.3, -0.25) is 0 Å². The van der Waals surface area contributed by atoms with E-state index in [2.05, 4.69) is 43.5 Å². The first-order chi connectivity index (χ1) is 6.17. The first kappa shape index (κ1) is 12.6. The summed E-state index contributed by atoms with van der Waals surface area (Å²) in [6, 6.07) is 0. The summed E-state index contributed by atoms with van der Waals surface area (Å²) in [6.07, 6.45) is 1.71. The van der Waals surface area contributed by atoms with Crippen LogP contribution in [0.3, 0.4) is 0 Å². The molecule has 0 radical (unpaired) electrons. The van der Waals surface area contributed by atoms with E-state index in [1.165, 1.54) is 0 Å². The Kier molecular flexibility index (Phi) is 4.11. The number of halogens is 1. The van der Waals surface area contributed by atoms with Gasteiger partial charge in [0.25, 0.3) is 0 Å². The third kappa shape index (κ3) is 1.78. The molecule has 1 spiro atoms. The molecule has 2 aliphatic rings. The van der Waals surface area contributed by atoms with E-state index in [-0.39, 0.29) is 21.0 Å². The number of ether oxygens (including phenoxy) is 1. The predicted octanol–water partition coefficient (Wildman–Crippen LogP) is -0.431. The molecule has 6 heteroatoms. The van der Waals surface area contributed by atoms with E-state index in [9.17, 15) is 4.79 Å². The van der Waals surface area contributed by atoms with E-state index in [1.807, 2.05) is 0 Å². The van der Waals surface area contributed by atoms with Gasteiger partial charge in [-0.25, -0.2) is 0 Å². The topological polar surface area (TPSA) is 69.8 Å². The zero-order valence-corrected chi connectivity index (χ0v) is 10.8. The van der Waals surface area contributed by atoms with Gasteiger partial charge >= 0.3 is 98.9 Å². The van der Waals surface area contributed by atoms with Crippen molar-refractivity contribution in [2.24, 2.45) is 5.41 Å². The van der Waals surface area contributed by atoms with Gasteiger partial charge in [0.2, 0.25) is 0 Å². The third-order valence-corrected chi connectivity index (χ3v) is 5.08. The van der Waals surface area contributed by atoms with Crippen molar-refractivity contribution >= 4 is 33.0 Å². The summed E-state index contributed by atoms with van der Waals surface area (Å²) in [6.45, 7) is 1.79. The Hall–Kier alpha value is 0.509. The molecular formula is C8H12IMnNO3. The number of carbonyl (C=O) groups is 1. The van der Waals surface area contributed by atoms with Crippen molar-refractivity contribution < 1.29 is 30.6 Å². The van der Waals surface area contributed by atoms with Crippen LogP contribution in [-0.2, 0) is 25.1 Å². The molecule has 0 saturated carbocycles. The van der Waals surface area contributed by atoms with Gasteiger partial charge < -0.3 is 5.48 Å². The molecule has 2 heterocycles. The van der Waals surface area contributed by atoms with Gasteiger partial charge in [0.05, 0.1) is 0 Å². The maximum absolute atomic E-state index is 11.7. The summed E-state index contributed by atoms with van der Waals surface area (Å²) in [7, 11) is 0. The molecule has 0 aliphatic carbocycles. The van der Waals surface area contributed by atoms with Crippen LogP contribution in [0.4, 0.5) is 0 Å². The summed E-state index contributed by atoms with van der Waals surface area (Å²) < 4.78 is 6.13. The molecule has 1 atom stereocenters. The van der Waals surface area contributed by atoms with Crippen LogP contribution in [0.25, 0.3) is 0 Å². The minimum absolute atomic E-state index is 0. The Balaban J connectivity index is 0.000000980. The fourth-order valence-electron chi connectivity index (χ4n) is 1.87. The molecule has 2 fully saturated rings. The number of piperidine rings is 1. The van der Waals surface area contributed by atoms with Crippen molar-refractivity contribution in [1.82, 2.24) is 5.32 Å². The van der Waals surface area contributed by atoms with Gasteiger partial charge in [-0.15, -0.1) is 0 Å². The SMILES string of the molecule is O.O=C1O[C@@H](I)[C](=[Mn])C12CCNCC2. The number of alkyl halides is 1. The zero-order valence-electron chi connectivity index (χ0n) is 7.48. The second-order valence-electron chi connectivity index (χ2n) is 3.40. The van der Waals surface area contributed by atoms with Crippen molar-refractivity contribution in [2.75, 3.05) is 13.1 Å². The van der Waals surface area contributed by atoms with E-state index >= 15 is 0 Å². The maximum atomic E-state index is 11.7. The molecule has 14 heavy (non-hydrogen) atoms. The molecule has 2 saturated heterocycles. The second-order valence-corrected chi connectivity index (χ2v) is 5.17. The van der Waals surface area contributed by atoms with E-state index < -0.39 is 0 Å². The van der Waals surface area contributed by atoms with Gasteiger partial charge in [-0.2, -0.15) is 0 Å². The van der Waals surface area contributed by atoms with Crippen molar-refractivity contribution in [3.63, 3.8) is 0 Å². The summed E-state index contributed by atoms with van der Waals surface area (Å²) in [5, 5.41) is 3.25. The molecule has 0 bridgehead atoms. The normalized spacial score (nSPS) is 29.9. The van der Waals surface area contributed by atoms with Crippen LogP contribution in [-0.4, -0.2) is 33.1 Å². The van der Waals surface area contributed by atoms with Crippen LogP contribution in [0, 0.1) is 5.41 Å². The second kappa shape index (κ2) is 4.57. The van der Waals surface area contributed by atoms with E-state index in [4.69, 9.17) is 4.74 Å². The fraction of sp³-hybridized carbons (Fsp3) is 0.750. The summed E-state index contributed by atoms with van der Waals surface area (Å²) in [5.74, 6) is -0.0553. The number of hydrogen-bond acceptors (Lipinski definition) is 3. The van der Waals surface area contributed by atoms with Crippen LogP contribution in [0.15, 0.2) is 0 Å². The third-order valence-electron chi connectivity index (χ3n) is 2.71. The molecule has 0 aromatic heterocycles. The van der Waals surface area contributed by atoms with Crippen LogP contribution >= 0.6 is 22.6 Å². The first-order valence-corrected chi connectivity index (χ1v) is 6.09. The van der Waals surface area contributed by atoms with Crippen LogP contribution in [0.1, 0.15) is 12.8 Å². The van der Waals surface area contributed by atoms with Crippen molar-refractivity contribution in [1.29, 1.82) is 0 Å². The molecule has 2 rings (SSSR count). The number of hydrogen-bond donors (Lipinski definition) is 1. The summed E-state index contributed by atoms with van der Waals surface area (Å²) >= 11 is 5.64. The minimum atomic E-state index is -0.336. The van der Waals surface area contributed by atoms with Gasteiger partial charge in [0, 0.05) is 0 Å². The van der Waals surface area contributed by atoms with E-state index in [0.717, 1.165) is 30.3 Å². The Morgan fingerprint density at radius 3 is 2.50 bits per heavy atom. The van der Waals surface area contributed by atoms with Crippen molar-refractivity contribution in [2.45, 2.75) is 17.0 Å². The molecule has 0 aromatic rings. The van der Waals surface area contributed by atoms with Gasteiger partial charge in [-0.05, 0) is 0 Å². The van der Waals surface area contributed by atoms with Crippen LogP contribution in [0.2, 0.25) is 0 Å². The molecule has 3 N–H and O–H groups in total. The van der Waals surface area contributed by atoms with Gasteiger partial charge in [0.15, 0.2) is 0 Å². The predicted molar refractivity (Wildman–Crippen MR) is 57.1 cm³/mol. The average molecular weight is 352 g/mol. The Bertz CT molecular complexity index is 265. The average Bonchev–Trinajstić information content (AvgIpc) is 2.34. The Morgan fingerprint density at radius 2 is 2.07 bits per heavy atom. The monoisotopic (exact) mass is 352 g/mol. The standard InChI is InChI=1S/C8H10INO2.Mn.H2O/c9-6-5-8(7(11)12-6)1-3-10-4-2-8;;/h6,10H,1-4H2;;1H2/t6-;;/m1../s1. The van der Waals surface area contributed by atoms with Crippen molar-refractivity contribution in [3.8, 4) is 0 Å². The van der Waals surface area contributed by atoms with Crippen LogP contribution < -0.4 is 5.32 Å². The Labute approximate surface area is 104 Å². The van der Waals surface area contributed by atoms with Gasteiger partial charge in [-0.1, -0.05) is 0 Å². The zero-order chi connectivity index (χ0) is 9.47. The Morgan fingerprint density at radius 1 is 1.50 bits per heavy atom. The van der Waals surface area contributed by atoms with E-state index in [1.54, 1.807) is 0 Å². The number of esters is 1. The summed E-state index contributed by atoms with van der Waals surface area (Å²) in [4.78, 5) is 11.7. The summed E-state index contributed by atoms with van der Waals surface area (Å²) in [5.41, 5.74) is -0.336.